The van der Waals surface area contributed by atoms with Crippen molar-refractivity contribution in [1.29, 1.82) is 0 Å². The highest BCUT2D eigenvalue weighted by Crippen LogP contribution is 2.24. The average Bonchev–Trinajstić information content (AvgIpc) is 2.27. The normalized spacial score (nSPS) is 10.1. The highest BCUT2D eigenvalue weighted by molar-refractivity contribution is 5.35. The second-order valence-electron chi connectivity index (χ2n) is 3.10. The van der Waals surface area contributed by atoms with Crippen LogP contribution in [-0.4, -0.2) is 4.98 Å². The lowest BCUT2D eigenvalue weighted by Crippen LogP contribution is -1.92. The Bertz CT molecular complexity index is 500. The van der Waals surface area contributed by atoms with E-state index in [1.807, 2.05) is 0 Å². The number of nitrogens with zero attached hydrogens (tertiary/aromatic N) is 1. The molecule has 0 saturated carbocycles. The molecule has 1 aromatic heterocycles. The number of halogens is 2. The molecule has 0 aliphatic heterocycles. The fraction of sp³-hybridized carbons (Fsp3) is 0. The molecule has 1 heterocycles. The van der Waals surface area contributed by atoms with Crippen molar-refractivity contribution in [1.82, 2.24) is 4.98 Å². The Morgan fingerprint density at radius 2 is 1.94 bits per heavy atom. The van der Waals surface area contributed by atoms with Gasteiger partial charge in [-0.1, -0.05) is 0 Å². The lowest BCUT2D eigenvalue weighted by atomic mass is 10.3. The van der Waals surface area contributed by atoms with E-state index in [9.17, 15) is 8.78 Å². The number of nitrogens with two attached hydrogens (primary N) is 1. The molecule has 0 bridgehead atoms. The van der Waals surface area contributed by atoms with E-state index in [1.54, 1.807) is 0 Å². The molecule has 2 rings (SSSR count). The molecule has 0 fully saturated rings. The number of pyridine rings is 1. The Kier molecular flexibility index (Phi) is 2.68. The summed E-state index contributed by atoms with van der Waals surface area (Å²) in [6.45, 7) is 0. The van der Waals surface area contributed by atoms with Gasteiger partial charge in [-0.3, -0.25) is 0 Å². The summed E-state index contributed by atoms with van der Waals surface area (Å²) in [7, 11) is 0. The highest BCUT2D eigenvalue weighted by atomic mass is 19.1. The molecule has 1 aromatic carbocycles. The number of anilines is 1. The summed E-state index contributed by atoms with van der Waals surface area (Å²) in [5.41, 5.74) is 5.37. The molecule has 5 heteroatoms. The number of nitrogen functional groups attached to an aromatic ring is 1. The first-order chi connectivity index (χ1) is 7.65. The van der Waals surface area contributed by atoms with Crippen molar-refractivity contribution < 1.29 is 13.5 Å². The fourth-order valence-corrected chi connectivity index (χ4v) is 1.13. The van der Waals surface area contributed by atoms with Crippen molar-refractivity contribution in [2.45, 2.75) is 0 Å². The molecule has 0 radical (unpaired) electrons. The lowest BCUT2D eigenvalue weighted by Gasteiger charge is -2.06. The van der Waals surface area contributed by atoms with E-state index in [1.165, 1.54) is 18.3 Å². The van der Waals surface area contributed by atoms with E-state index in [0.29, 0.717) is 11.6 Å². The number of hydrogen-bond donors (Lipinski definition) is 1. The summed E-state index contributed by atoms with van der Waals surface area (Å²) in [5, 5.41) is 0. The Morgan fingerprint density at radius 1 is 1.12 bits per heavy atom. The third kappa shape index (κ3) is 2.25. The van der Waals surface area contributed by atoms with Crippen LogP contribution < -0.4 is 10.5 Å². The van der Waals surface area contributed by atoms with Crippen LogP contribution in [0.15, 0.2) is 36.5 Å². The fourth-order valence-electron chi connectivity index (χ4n) is 1.13. The summed E-state index contributed by atoms with van der Waals surface area (Å²) >= 11 is 0. The molecule has 0 amide bonds. The molecule has 0 spiro atoms. The Balaban J connectivity index is 2.26. The van der Waals surface area contributed by atoms with Crippen LogP contribution in [0.4, 0.5) is 14.6 Å². The van der Waals surface area contributed by atoms with Gasteiger partial charge in [-0.25, -0.2) is 13.8 Å². The van der Waals surface area contributed by atoms with Gasteiger partial charge in [-0.05, 0) is 24.3 Å². The Hall–Kier alpha value is -2.17. The number of aromatic nitrogens is 1. The molecule has 0 saturated heterocycles. The van der Waals surface area contributed by atoms with Gasteiger partial charge in [0.05, 0.1) is 6.20 Å². The van der Waals surface area contributed by atoms with Crippen molar-refractivity contribution in [3.05, 3.63) is 48.2 Å². The van der Waals surface area contributed by atoms with Crippen molar-refractivity contribution in [2.75, 3.05) is 5.73 Å². The van der Waals surface area contributed by atoms with Crippen molar-refractivity contribution in [3.8, 4) is 11.5 Å². The number of rotatable bonds is 2. The summed E-state index contributed by atoms with van der Waals surface area (Å²) in [4.78, 5) is 3.76. The topological polar surface area (TPSA) is 48.1 Å². The van der Waals surface area contributed by atoms with Gasteiger partial charge >= 0.3 is 0 Å². The summed E-state index contributed by atoms with van der Waals surface area (Å²) in [6.07, 6.45) is 1.33. The SMILES string of the molecule is Nc1ccc(Oc2cc(F)ccc2F)cn1. The minimum absolute atomic E-state index is 0.188. The van der Waals surface area contributed by atoms with Crippen LogP contribution in [0.3, 0.4) is 0 Å². The molecule has 2 N–H and O–H groups in total. The first-order valence-corrected chi connectivity index (χ1v) is 4.49. The molecule has 16 heavy (non-hydrogen) atoms. The maximum Gasteiger partial charge on any atom is 0.166 e. The van der Waals surface area contributed by atoms with E-state index < -0.39 is 11.6 Å². The maximum atomic E-state index is 13.2. The molecule has 2 aromatic rings. The Morgan fingerprint density at radius 3 is 2.62 bits per heavy atom. The standard InChI is InChI=1S/C11H8F2N2O/c12-7-1-3-9(13)10(5-7)16-8-2-4-11(14)15-6-8/h1-6H,(H2,14,15). The van der Waals surface area contributed by atoms with Crippen LogP contribution in [0, 0.1) is 11.6 Å². The zero-order chi connectivity index (χ0) is 11.5. The summed E-state index contributed by atoms with van der Waals surface area (Å²) in [5.74, 6) is -0.782. The number of ether oxygens (including phenoxy) is 1. The predicted molar refractivity (Wildman–Crippen MR) is 55.1 cm³/mol. The van der Waals surface area contributed by atoms with Gasteiger partial charge in [-0.2, -0.15) is 0 Å². The number of hydrogen-bond acceptors (Lipinski definition) is 3. The lowest BCUT2D eigenvalue weighted by molar-refractivity contribution is 0.435. The molecule has 3 nitrogen and oxygen atoms in total. The second-order valence-corrected chi connectivity index (χ2v) is 3.10. The molecule has 0 atom stereocenters. The number of benzene rings is 1. The summed E-state index contributed by atoms with van der Waals surface area (Å²) in [6, 6.07) is 6.00. The largest absolute Gasteiger partial charge is 0.453 e. The maximum absolute atomic E-state index is 13.2. The molecular formula is C11H8F2N2O. The molecular weight excluding hydrogens is 214 g/mol. The van der Waals surface area contributed by atoms with Crippen LogP contribution in [0.2, 0.25) is 0 Å². The van der Waals surface area contributed by atoms with Crippen LogP contribution in [0.5, 0.6) is 11.5 Å². The van der Waals surface area contributed by atoms with E-state index in [2.05, 4.69) is 4.98 Å². The monoisotopic (exact) mass is 222 g/mol. The van der Waals surface area contributed by atoms with Crippen molar-refractivity contribution in [2.24, 2.45) is 0 Å². The predicted octanol–water partition coefficient (Wildman–Crippen LogP) is 2.73. The molecule has 0 aliphatic rings. The summed E-state index contributed by atoms with van der Waals surface area (Å²) < 4.78 is 31.1. The zero-order valence-corrected chi connectivity index (χ0v) is 8.15. The van der Waals surface area contributed by atoms with Gasteiger partial charge in [0.2, 0.25) is 0 Å². The minimum Gasteiger partial charge on any atom is -0.453 e. The quantitative estimate of drug-likeness (QED) is 0.849. The van der Waals surface area contributed by atoms with Crippen LogP contribution in [0.1, 0.15) is 0 Å². The first kappa shape index (κ1) is 10.4. The van der Waals surface area contributed by atoms with Gasteiger partial charge in [0.15, 0.2) is 11.6 Å². The van der Waals surface area contributed by atoms with E-state index in [0.717, 1.165) is 18.2 Å². The Labute approximate surface area is 90.5 Å². The van der Waals surface area contributed by atoms with E-state index >= 15 is 0 Å². The zero-order valence-electron chi connectivity index (χ0n) is 8.15. The average molecular weight is 222 g/mol. The third-order valence-corrected chi connectivity index (χ3v) is 1.88. The van der Waals surface area contributed by atoms with E-state index in [4.69, 9.17) is 10.5 Å². The van der Waals surface area contributed by atoms with Crippen LogP contribution in [-0.2, 0) is 0 Å². The van der Waals surface area contributed by atoms with Crippen molar-refractivity contribution >= 4 is 5.82 Å². The second kappa shape index (κ2) is 4.14. The highest BCUT2D eigenvalue weighted by Gasteiger charge is 2.06. The van der Waals surface area contributed by atoms with Gasteiger partial charge < -0.3 is 10.5 Å². The van der Waals surface area contributed by atoms with Crippen LogP contribution >= 0.6 is 0 Å². The van der Waals surface area contributed by atoms with Gasteiger partial charge in [0.25, 0.3) is 0 Å². The molecule has 82 valence electrons. The minimum atomic E-state index is -0.641. The third-order valence-electron chi connectivity index (χ3n) is 1.88. The van der Waals surface area contributed by atoms with Crippen molar-refractivity contribution in [3.63, 3.8) is 0 Å². The van der Waals surface area contributed by atoms with Crippen LogP contribution in [0.25, 0.3) is 0 Å². The molecule has 0 unspecified atom stereocenters. The first-order valence-electron chi connectivity index (χ1n) is 4.49. The van der Waals surface area contributed by atoms with Gasteiger partial charge in [0, 0.05) is 6.07 Å². The smallest absolute Gasteiger partial charge is 0.166 e. The van der Waals surface area contributed by atoms with Gasteiger partial charge in [0.1, 0.15) is 17.4 Å². The molecule has 0 aliphatic carbocycles. The van der Waals surface area contributed by atoms with Gasteiger partial charge in [-0.15, -0.1) is 0 Å². The van der Waals surface area contributed by atoms with E-state index in [-0.39, 0.29) is 5.75 Å².